The van der Waals surface area contributed by atoms with Crippen LogP contribution in [-0.4, -0.2) is 25.9 Å². The van der Waals surface area contributed by atoms with Gasteiger partial charge in [0.15, 0.2) is 0 Å². The van der Waals surface area contributed by atoms with E-state index in [9.17, 15) is 0 Å². The van der Waals surface area contributed by atoms with Gasteiger partial charge in [-0.2, -0.15) is 0 Å². The highest BCUT2D eigenvalue weighted by Gasteiger charge is 2.32. The number of hydrogen-bond acceptors (Lipinski definition) is 3. The second-order valence-electron chi connectivity index (χ2n) is 2.08. The summed E-state index contributed by atoms with van der Waals surface area (Å²) in [6.07, 6.45) is 1.36. The SMILES string of the molecule is CCC(OOC)C1CO1. The van der Waals surface area contributed by atoms with E-state index >= 15 is 0 Å². The summed E-state index contributed by atoms with van der Waals surface area (Å²) >= 11 is 0. The lowest BCUT2D eigenvalue weighted by Crippen LogP contribution is -2.17. The van der Waals surface area contributed by atoms with E-state index in [4.69, 9.17) is 9.62 Å². The lowest BCUT2D eigenvalue weighted by Gasteiger charge is -2.08. The summed E-state index contributed by atoms with van der Waals surface area (Å²) in [7, 11) is 1.52. The first kappa shape index (κ1) is 6.99. The van der Waals surface area contributed by atoms with E-state index in [2.05, 4.69) is 4.89 Å². The molecule has 1 aliphatic rings. The first-order valence-corrected chi connectivity index (χ1v) is 3.19. The van der Waals surface area contributed by atoms with Crippen LogP contribution >= 0.6 is 0 Å². The summed E-state index contributed by atoms with van der Waals surface area (Å²) < 4.78 is 5.01. The Hall–Kier alpha value is -0.120. The van der Waals surface area contributed by atoms with Crippen molar-refractivity contribution in [2.75, 3.05) is 13.7 Å². The Morgan fingerprint density at radius 3 is 2.78 bits per heavy atom. The molecule has 0 N–H and O–H groups in total. The van der Waals surface area contributed by atoms with Crippen LogP contribution in [0.15, 0.2) is 0 Å². The quantitative estimate of drug-likeness (QED) is 0.321. The molecule has 0 amide bonds. The maximum atomic E-state index is 5.01. The van der Waals surface area contributed by atoms with Crippen LogP contribution in [0.4, 0.5) is 0 Å². The molecule has 0 radical (unpaired) electrons. The second-order valence-corrected chi connectivity index (χ2v) is 2.08. The van der Waals surface area contributed by atoms with Crippen molar-refractivity contribution in [2.24, 2.45) is 0 Å². The Morgan fingerprint density at radius 1 is 1.78 bits per heavy atom. The van der Waals surface area contributed by atoms with Gasteiger partial charge in [0.05, 0.1) is 13.7 Å². The third kappa shape index (κ3) is 1.93. The summed E-state index contributed by atoms with van der Waals surface area (Å²) in [6.45, 7) is 2.87. The van der Waals surface area contributed by atoms with Crippen molar-refractivity contribution in [3.8, 4) is 0 Å². The van der Waals surface area contributed by atoms with Crippen LogP contribution < -0.4 is 0 Å². The topological polar surface area (TPSA) is 31.0 Å². The molecular formula is C6H12O3. The Morgan fingerprint density at radius 2 is 2.44 bits per heavy atom. The van der Waals surface area contributed by atoms with Gasteiger partial charge < -0.3 is 4.74 Å². The Balaban J connectivity index is 2.12. The third-order valence-electron chi connectivity index (χ3n) is 1.40. The van der Waals surface area contributed by atoms with Crippen LogP contribution in [0.3, 0.4) is 0 Å². The molecule has 0 spiro atoms. The highest BCUT2D eigenvalue weighted by molar-refractivity contribution is 4.77. The zero-order valence-corrected chi connectivity index (χ0v) is 5.79. The molecule has 0 saturated carbocycles. The molecule has 9 heavy (non-hydrogen) atoms. The van der Waals surface area contributed by atoms with E-state index in [1.54, 1.807) is 0 Å². The van der Waals surface area contributed by atoms with E-state index in [-0.39, 0.29) is 12.2 Å². The van der Waals surface area contributed by atoms with E-state index < -0.39 is 0 Å². The Bertz CT molecular complexity index is 80.4. The predicted octanol–water partition coefficient (Wildman–Crippen LogP) is 0.742. The van der Waals surface area contributed by atoms with Gasteiger partial charge in [0.1, 0.15) is 12.2 Å². The molecule has 54 valence electrons. The van der Waals surface area contributed by atoms with Crippen molar-refractivity contribution in [1.82, 2.24) is 0 Å². The normalized spacial score (nSPS) is 28.0. The molecule has 1 saturated heterocycles. The van der Waals surface area contributed by atoms with Crippen LogP contribution in [0, 0.1) is 0 Å². The highest BCUT2D eigenvalue weighted by Crippen LogP contribution is 2.19. The average molecular weight is 132 g/mol. The van der Waals surface area contributed by atoms with E-state index in [1.807, 2.05) is 6.92 Å². The van der Waals surface area contributed by atoms with Crippen molar-refractivity contribution in [3.05, 3.63) is 0 Å². The third-order valence-corrected chi connectivity index (χ3v) is 1.40. The van der Waals surface area contributed by atoms with Crippen molar-refractivity contribution in [2.45, 2.75) is 25.6 Å². The van der Waals surface area contributed by atoms with Gasteiger partial charge in [0, 0.05) is 0 Å². The minimum atomic E-state index is 0.134. The van der Waals surface area contributed by atoms with Gasteiger partial charge >= 0.3 is 0 Å². The fourth-order valence-corrected chi connectivity index (χ4v) is 0.787. The van der Waals surface area contributed by atoms with Crippen LogP contribution in [0.5, 0.6) is 0 Å². The molecule has 0 aliphatic carbocycles. The summed E-state index contributed by atoms with van der Waals surface area (Å²) in [5, 5.41) is 0. The largest absolute Gasteiger partial charge is 0.370 e. The Kier molecular flexibility index (Phi) is 2.45. The maximum absolute atomic E-state index is 5.01. The predicted molar refractivity (Wildman–Crippen MR) is 31.9 cm³/mol. The van der Waals surface area contributed by atoms with Crippen molar-refractivity contribution < 1.29 is 14.5 Å². The second kappa shape index (κ2) is 3.15. The first-order chi connectivity index (χ1) is 4.38. The minimum Gasteiger partial charge on any atom is -0.370 e. The summed E-state index contributed by atoms with van der Waals surface area (Å²) in [6, 6.07) is 0. The number of rotatable bonds is 4. The van der Waals surface area contributed by atoms with Gasteiger partial charge in [0.2, 0.25) is 0 Å². The van der Waals surface area contributed by atoms with Gasteiger partial charge in [0.25, 0.3) is 0 Å². The van der Waals surface area contributed by atoms with Gasteiger partial charge in [-0.3, -0.25) is 0 Å². The standard InChI is InChI=1S/C6H12O3/c1-3-5(9-7-2)6-4-8-6/h5-6H,3-4H2,1-2H3. The number of epoxide rings is 1. The van der Waals surface area contributed by atoms with Crippen molar-refractivity contribution in [3.63, 3.8) is 0 Å². The lowest BCUT2D eigenvalue weighted by atomic mass is 10.2. The summed E-state index contributed by atoms with van der Waals surface area (Å²) in [4.78, 5) is 9.41. The number of ether oxygens (including phenoxy) is 1. The van der Waals surface area contributed by atoms with Gasteiger partial charge in [-0.1, -0.05) is 6.92 Å². The van der Waals surface area contributed by atoms with E-state index in [0.29, 0.717) is 0 Å². The van der Waals surface area contributed by atoms with Gasteiger partial charge in [-0.15, -0.1) is 0 Å². The molecule has 0 bridgehead atoms. The average Bonchev–Trinajstić information content (AvgIpc) is 2.64. The zero-order valence-electron chi connectivity index (χ0n) is 5.79. The highest BCUT2D eigenvalue weighted by atomic mass is 17.2. The van der Waals surface area contributed by atoms with Gasteiger partial charge in [-0.25, -0.2) is 9.78 Å². The molecule has 1 rings (SSSR count). The number of hydrogen-bond donors (Lipinski definition) is 0. The fourth-order valence-electron chi connectivity index (χ4n) is 0.787. The van der Waals surface area contributed by atoms with Crippen LogP contribution in [0.2, 0.25) is 0 Å². The van der Waals surface area contributed by atoms with Crippen molar-refractivity contribution in [1.29, 1.82) is 0 Å². The monoisotopic (exact) mass is 132 g/mol. The first-order valence-electron chi connectivity index (χ1n) is 3.19. The maximum Gasteiger partial charge on any atom is 0.121 e. The van der Waals surface area contributed by atoms with E-state index in [1.165, 1.54) is 7.11 Å². The Labute approximate surface area is 54.8 Å². The zero-order chi connectivity index (χ0) is 6.69. The molecule has 1 fully saturated rings. The molecule has 0 aromatic rings. The minimum absolute atomic E-state index is 0.134. The summed E-state index contributed by atoms with van der Waals surface area (Å²) in [5.74, 6) is 0. The van der Waals surface area contributed by atoms with E-state index in [0.717, 1.165) is 13.0 Å². The molecule has 1 heterocycles. The molecule has 0 aromatic heterocycles. The summed E-state index contributed by atoms with van der Waals surface area (Å²) in [5.41, 5.74) is 0. The lowest BCUT2D eigenvalue weighted by molar-refractivity contribution is -0.308. The van der Waals surface area contributed by atoms with Crippen molar-refractivity contribution >= 4 is 0 Å². The molecule has 3 heteroatoms. The molecule has 2 atom stereocenters. The van der Waals surface area contributed by atoms with Crippen LogP contribution in [-0.2, 0) is 14.5 Å². The molecule has 2 unspecified atom stereocenters. The molecule has 1 aliphatic heterocycles. The van der Waals surface area contributed by atoms with Crippen LogP contribution in [0.25, 0.3) is 0 Å². The molecule has 0 aromatic carbocycles. The smallest absolute Gasteiger partial charge is 0.121 e. The molecular weight excluding hydrogens is 120 g/mol. The fraction of sp³-hybridized carbons (Fsp3) is 1.00. The van der Waals surface area contributed by atoms with Crippen LogP contribution in [0.1, 0.15) is 13.3 Å². The van der Waals surface area contributed by atoms with Gasteiger partial charge in [-0.05, 0) is 6.42 Å². The molecule has 3 nitrogen and oxygen atoms in total.